The lowest BCUT2D eigenvalue weighted by molar-refractivity contribution is 0.0977. The quantitative estimate of drug-likeness (QED) is 0.175. The lowest BCUT2D eigenvalue weighted by atomic mass is 10.2. The lowest BCUT2D eigenvalue weighted by Crippen LogP contribution is -2.47. The molecule has 0 unspecified atom stereocenters. The van der Waals surface area contributed by atoms with Gasteiger partial charge in [-0.1, -0.05) is 6.07 Å². The molecule has 0 aromatic heterocycles. The van der Waals surface area contributed by atoms with Crippen LogP contribution in [0.2, 0.25) is 0 Å². The largest absolute Gasteiger partial charge is 0.491 e. The zero-order valence-corrected chi connectivity index (χ0v) is 21.9. The number of ether oxygens (including phenoxy) is 1. The normalized spacial score (nSPS) is 13.4. The van der Waals surface area contributed by atoms with Gasteiger partial charge in [-0.25, -0.2) is 22.0 Å². The smallest absolute Gasteiger partial charge is 0.257 e. The van der Waals surface area contributed by atoms with E-state index < -0.39 is 40.7 Å². The van der Waals surface area contributed by atoms with E-state index in [4.69, 9.17) is 17.0 Å². The van der Waals surface area contributed by atoms with Gasteiger partial charge < -0.3 is 19.9 Å². The van der Waals surface area contributed by atoms with Gasteiger partial charge in [0.15, 0.2) is 28.4 Å². The minimum absolute atomic E-state index is 0.0344. The fourth-order valence-corrected chi connectivity index (χ4v) is 4.35. The monoisotopic (exact) mass is 564 g/mol. The van der Waals surface area contributed by atoms with E-state index in [1.807, 2.05) is 18.7 Å². The van der Waals surface area contributed by atoms with Crippen LogP contribution < -0.4 is 25.2 Å². The second-order valence-electron chi connectivity index (χ2n) is 9.04. The van der Waals surface area contributed by atoms with Crippen LogP contribution in [0.3, 0.4) is 0 Å². The number of rotatable bonds is 6. The Labute approximate surface area is 227 Å². The number of hydrogen-bond donors (Lipinski definition) is 2. The maximum absolute atomic E-state index is 14.2. The molecule has 1 heterocycles. The van der Waals surface area contributed by atoms with Crippen LogP contribution >= 0.6 is 12.2 Å². The first kappa shape index (κ1) is 28.1. The standard InChI is InChI=1S/C27H25F5N4O2S/c1-15(2)38-19-5-3-4-16(14-19)26(37)34-27(39)33-17-6-8-18(9-7-17)35-10-12-36(13-11-35)25-23(31)21(29)20(28)22(30)24(25)32/h3-9,14-15H,10-13H2,1-2H3,(H2,33,34,37,39). The Morgan fingerprint density at radius 3 is 2.00 bits per heavy atom. The Morgan fingerprint density at radius 1 is 0.846 bits per heavy atom. The molecule has 6 nitrogen and oxygen atoms in total. The van der Waals surface area contributed by atoms with Crippen LogP contribution in [0.4, 0.5) is 39.0 Å². The maximum Gasteiger partial charge on any atom is 0.257 e. The highest BCUT2D eigenvalue weighted by Gasteiger charge is 2.30. The summed E-state index contributed by atoms with van der Waals surface area (Å²) >= 11 is 5.25. The zero-order valence-electron chi connectivity index (χ0n) is 21.0. The number of amides is 1. The van der Waals surface area contributed by atoms with E-state index in [2.05, 4.69) is 10.6 Å². The van der Waals surface area contributed by atoms with Gasteiger partial charge >= 0.3 is 0 Å². The van der Waals surface area contributed by atoms with E-state index >= 15 is 0 Å². The van der Waals surface area contributed by atoms with Crippen molar-refractivity contribution in [3.63, 3.8) is 0 Å². The minimum atomic E-state index is -2.18. The fraction of sp³-hybridized carbons (Fsp3) is 0.259. The summed E-state index contributed by atoms with van der Waals surface area (Å²) in [6.45, 7) is 4.46. The van der Waals surface area contributed by atoms with E-state index in [0.29, 0.717) is 30.1 Å². The molecule has 1 fully saturated rings. The maximum atomic E-state index is 14.2. The summed E-state index contributed by atoms with van der Waals surface area (Å²) in [5, 5.41) is 5.64. The van der Waals surface area contributed by atoms with Gasteiger partial charge in [0.2, 0.25) is 5.82 Å². The molecule has 0 atom stereocenters. The first-order valence-corrected chi connectivity index (χ1v) is 12.5. The van der Waals surface area contributed by atoms with Gasteiger partial charge in [-0.05, 0) is 68.5 Å². The van der Waals surface area contributed by atoms with Gasteiger partial charge in [0, 0.05) is 43.1 Å². The van der Waals surface area contributed by atoms with Crippen molar-refractivity contribution < 1.29 is 31.5 Å². The van der Waals surface area contributed by atoms with Crippen molar-refractivity contribution in [3.05, 3.63) is 83.2 Å². The Morgan fingerprint density at radius 2 is 1.41 bits per heavy atom. The highest BCUT2D eigenvalue weighted by atomic mass is 32.1. The van der Waals surface area contributed by atoms with Crippen molar-refractivity contribution >= 4 is 40.3 Å². The van der Waals surface area contributed by atoms with Gasteiger partial charge in [-0.2, -0.15) is 0 Å². The van der Waals surface area contributed by atoms with Crippen LogP contribution in [-0.2, 0) is 0 Å². The predicted octanol–water partition coefficient (Wildman–Crippen LogP) is 5.62. The molecule has 2 N–H and O–H groups in total. The van der Waals surface area contributed by atoms with E-state index in [1.54, 1.807) is 48.5 Å². The second kappa shape index (κ2) is 11.9. The number of benzene rings is 3. The molecule has 3 aromatic carbocycles. The molecule has 4 rings (SSSR count). The zero-order chi connectivity index (χ0) is 28.3. The molecule has 206 valence electrons. The van der Waals surface area contributed by atoms with Crippen LogP contribution in [0.15, 0.2) is 48.5 Å². The van der Waals surface area contributed by atoms with E-state index in [1.165, 1.54) is 0 Å². The molecule has 12 heteroatoms. The Kier molecular flexibility index (Phi) is 8.54. The number of piperazine rings is 1. The van der Waals surface area contributed by atoms with Crippen LogP contribution in [0.1, 0.15) is 24.2 Å². The molecule has 3 aromatic rings. The van der Waals surface area contributed by atoms with Gasteiger partial charge in [0.1, 0.15) is 11.4 Å². The van der Waals surface area contributed by atoms with E-state index in [9.17, 15) is 26.7 Å². The molecule has 0 aliphatic carbocycles. The second-order valence-corrected chi connectivity index (χ2v) is 9.45. The summed E-state index contributed by atoms with van der Waals surface area (Å²) in [4.78, 5) is 15.6. The molecule has 0 bridgehead atoms. The molecule has 0 spiro atoms. The number of hydrogen-bond acceptors (Lipinski definition) is 5. The number of thiocarbonyl (C=S) groups is 1. The minimum Gasteiger partial charge on any atom is -0.491 e. The van der Waals surface area contributed by atoms with Crippen molar-refractivity contribution in [3.8, 4) is 5.75 Å². The predicted molar refractivity (Wildman–Crippen MR) is 143 cm³/mol. The topological polar surface area (TPSA) is 56.8 Å². The van der Waals surface area contributed by atoms with E-state index in [-0.39, 0.29) is 24.3 Å². The SMILES string of the molecule is CC(C)Oc1cccc(C(=O)NC(=S)Nc2ccc(N3CCN(c4c(F)c(F)c(F)c(F)c4F)CC3)cc2)c1. The van der Waals surface area contributed by atoms with Crippen molar-refractivity contribution in [2.75, 3.05) is 41.3 Å². The highest BCUT2D eigenvalue weighted by molar-refractivity contribution is 7.80. The molecule has 0 radical (unpaired) electrons. The van der Waals surface area contributed by atoms with Gasteiger partial charge in [-0.15, -0.1) is 0 Å². The molecule has 39 heavy (non-hydrogen) atoms. The summed E-state index contributed by atoms with van der Waals surface area (Å²) in [5.41, 5.74) is 0.869. The third kappa shape index (κ3) is 6.39. The van der Waals surface area contributed by atoms with Gasteiger partial charge in [-0.3, -0.25) is 10.1 Å². The van der Waals surface area contributed by atoms with Crippen LogP contribution in [0.25, 0.3) is 0 Å². The number of carbonyl (C=O) groups excluding carboxylic acids is 1. The van der Waals surface area contributed by atoms with Crippen molar-refractivity contribution in [2.24, 2.45) is 0 Å². The third-order valence-corrected chi connectivity index (χ3v) is 6.17. The molecule has 1 amide bonds. The average Bonchev–Trinajstić information content (AvgIpc) is 2.91. The molecule has 1 saturated heterocycles. The average molecular weight is 565 g/mol. The number of nitrogens with one attached hydrogen (secondary N) is 2. The highest BCUT2D eigenvalue weighted by Crippen LogP contribution is 2.31. The molecular formula is C27H25F5N4O2S. The summed E-state index contributed by atoms with van der Waals surface area (Å²) in [6.07, 6.45) is -0.0344. The number of anilines is 3. The fourth-order valence-electron chi connectivity index (χ4n) is 4.14. The third-order valence-electron chi connectivity index (χ3n) is 5.97. The molecule has 0 saturated carbocycles. The number of carbonyl (C=O) groups is 1. The number of halogens is 5. The lowest BCUT2D eigenvalue weighted by Gasteiger charge is -2.37. The van der Waals surface area contributed by atoms with Crippen LogP contribution in [-0.4, -0.2) is 43.3 Å². The van der Waals surface area contributed by atoms with Crippen molar-refractivity contribution in [1.29, 1.82) is 0 Å². The van der Waals surface area contributed by atoms with E-state index in [0.717, 1.165) is 10.6 Å². The Hall–Kier alpha value is -3.93. The van der Waals surface area contributed by atoms with Crippen molar-refractivity contribution in [1.82, 2.24) is 5.32 Å². The van der Waals surface area contributed by atoms with Crippen molar-refractivity contribution in [2.45, 2.75) is 20.0 Å². The van der Waals surface area contributed by atoms with Crippen LogP contribution in [0, 0.1) is 29.1 Å². The summed E-state index contributed by atoms with van der Waals surface area (Å²) in [5.74, 6) is -9.60. The summed E-state index contributed by atoms with van der Waals surface area (Å²) in [6, 6.07) is 13.8. The summed E-state index contributed by atoms with van der Waals surface area (Å²) < 4.78 is 74.5. The number of nitrogens with zero attached hydrogens (tertiary/aromatic N) is 2. The molecule has 1 aliphatic rings. The first-order valence-electron chi connectivity index (χ1n) is 12.1. The Balaban J connectivity index is 1.33. The Bertz CT molecular complexity index is 1350. The first-order chi connectivity index (χ1) is 18.5. The van der Waals surface area contributed by atoms with Gasteiger partial charge in [0.05, 0.1) is 6.10 Å². The van der Waals surface area contributed by atoms with Crippen LogP contribution in [0.5, 0.6) is 5.75 Å². The molecular weight excluding hydrogens is 539 g/mol. The molecule has 1 aliphatic heterocycles. The summed E-state index contributed by atoms with van der Waals surface area (Å²) in [7, 11) is 0. The van der Waals surface area contributed by atoms with Gasteiger partial charge in [0.25, 0.3) is 5.91 Å².